The Morgan fingerprint density at radius 1 is 1.69 bits per heavy atom. The summed E-state index contributed by atoms with van der Waals surface area (Å²) < 4.78 is 1.25. The van der Waals surface area contributed by atoms with Crippen LogP contribution in [0.25, 0.3) is 10.2 Å². The number of hydrogen-bond acceptors (Lipinski definition) is 5. The largest absolute Gasteiger partial charge is 0.389 e. The molecule has 0 aliphatic rings. The third-order valence-corrected chi connectivity index (χ3v) is 3.10. The molecule has 13 heavy (non-hydrogen) atoms. The van der Waals surface area contributed by atoms with Crippen LogP contribution in [0.15, 0.2) is 6.33 Å². The lowest BCUT2D eigenvalue weighted by molar-refractivity contribution is 1.21. The molecule has 0 atom stereocenters. The van der Waals surface area contributed by atoms with E-state index in [0.717, 1.165) is 4.70 Å². The van der Waals surface area contributed by atoms with Crippen LogP contribution in [0.2, 0.25) is 0 Å². The van der Waals surface area contributed by atoms with Gasteiger partial charge in [0.15, 0.2) is 0 Å². The molecule has 0 bridgehead atoms. The molecule has 0 saturated carbocycles. The van der Waals surface area contributed by atoms with Crippen molar-refractivity contribution in [3.63, 3.8) is 0 Å². The van der Waals surface area contributed by atoms with Gasteiger partial charge >= 0.3 is 0 Å². The molecule has 2 aromatic heterocycles. The van der Waals surface area contributed by atoms with Crippen molar-refractivity contribution in [2.45, 2.75) is 0 Å². The summed E-state index contributed by atoms with van der Waals surface area (Å²) in [7, 11) is 0. The maximum atomic E-state index is 8.80. The SMILES string of the molecule is N#Cc1c(N)sc2c(=S)nc[nH]c12. The first-order chi connectivity index (χ1) is 6.24. The number of nitrogen functional groups attached to an aromatic ring is 1. The summed E-state index contributed by atoms with van der Waals surface area (Å²) in [5.41, 5.74) is 6.77. The molecule has 0 saturated heterocycles. The van der Waals surface area contributed by atoms with Crippen LogP contribution in [-0.4, -0.2) is 9.97 Å². The van der Waals surface area contributed by atoms with E-state index < -0.39 is 0 Å². The molecular formula is C7H4N4S2. The van der Waals surface area contributed by atoms with E-state index >= 15 is 0 Å². The molecule has 64 valence electrons. The van der Waals surface area contributed by atoms with Crippen LogP contribution in [0, 0.1) is 16.0 Å². The number of anilines is 1. The lowest BCUT2D eigenvalue weighted by Crippen LogP contribution is -1.84. The van der Waals surface area contributed by atoms with E-state index in [2.05, 4.69) is 9.97 Å². The number of nitrogens with one attached hydrogen (secondary N) is 1. The Balaban J connectivity index is 3.05. The van der Waals surface area contributed by atoms with Crippen LogP contribution in [0.1, 0.15) is 5.56 Å². The minimum atomic E-state index is 0.452. The van der Waals surface area contributed by atoms with E-state index in [-0.39, 0.29) is 0 Å². The van der Waals surface area contributed by atoms with Gasteiger partial charge in [-0.3, -0.25) is 0 Å². The van der Waals surface area contributed by atoms with E-state index in [1.165, 1.54) is 17.7 Å². The van der Waals surface area contributed by atoms with Gasteiger partial charge in [-0.05, 0) is 0 Å². The summed E-state index contributed by atoms with van der Waals surface area (Å²) in [6, 6.07) is 2.03. The monoisotopic (exact) mass is 208 g/mol. The summed E-state index contributed by atoms with van der Waals surface area (Å²) in [6.45, 7) is 0. The summed E-state index contributed by atoms with van der Waals surface area (Å²) in [5, 5.41) is 9.28. The number of aromatic nitrogens is 2. The number of hydrogen-bond donors (Lipinski definition) is 2. The highest BCUT2D eigenvalue weighted by Crippen LogP contribution is 2.31. The third kappa shape index (κ3) is 1.09. The fourth-order valence-electron chi connectivity index (χ4n) is 1.06. The van der Waals surface area contributed by atoms with E-state index in [0.29, 0.717) is 20.7 Å². The molecule has 2 heterocycles. The first-order valence-electron chi connectivity index (χ1n) is 3.40. The summed E-state index contributed by atoms with van der Waals surface area (Å²) >= 11 is 6.28. The van der Waals surface area contributed by atoms with E-state index in [1.54, 1.807) is 0 Å². The lowest BCUT2D eigenvalue weighted by atomic mass is 10.3. The van der Waals surface area contributed by atoms with Crippen LogP contribution in [0.5, 0.6) is 0 Å². The molecule has 0 radical (unpaired) electrons. The van der Waals surface area contributed by atoms with E-state index in [9.17, 15) is 0 Å². The molecule has 6 heteroatoms. The fraction of sp³-hybridized carbons (Fsp3) is 0. The van der Waals surface area contributed by atoms with Crippen molar-refractivity contribution in [2.24, 2.45) is 0 Å². The van der Waals surface area contributed by atoms with Gasteiger partial charge in [0.25, 0.3) is 0 Å². The zero-order valence-electron chi connectivity index (χ0n) is 6.37. The zero-order valence-corrected chi connectivity index (χ0v) is 8.00. The first-order valence-corrected chi connectivity index (χ1v) is 4.62. The van der Waals surface area contributed by atoms with Gasteiger partial charge in [0.05, 0.1) is 16.5 Å². The smallest absolute Gasteiger partial charge is 0.147 e. The summed E-state index contributed by atoms with van der Waals surface area (Å²) in [5.74, 6) is 0. The number of rotatable bonds is 0. The molecular weight excluding hydrogens is 204 g/mol. The Hall–Kier alpha value is -1.45. The highest BCUT2D eigenvalue weighted by Gasteiger charge is 2.10. The summed E-state index contributed by atoms with van der Waals surface area (Å²) in [6.07, 6.45) is 1.47. The Morgan fingerprint density at radius 3 is 3.15 bits per heavy atom. The van der Waals surface area contributed by atoms with Gasteiger partial charge < -0.3 is 10.7 Å². The van der Waals surface area contributed by atoms with Crippen LogP contribution in [0.3, 0.4) is 0 Å². The molecule has 0 aliphatic carbocycles. The second kappa shape index (κ2) is 2.80. The topological polar surface area (TPSA) is 78.5 Å². The van der Waals surface area contributed by atoms with Gasteiger partial charge in [-0.1, -0.05) is 12.2 Å². The van der Waals surface area contributed by atoms with Crippen molar-refractivity contribution < 1.29 is 0 Å². The van der Waals surface area contributed by atoms with Crippen molar-refractivity contribution in [2.75, 3.05) is 5.73 Å². The van der Waals surface area contributed by atoms with Crippen molar-refractivity contribution in [1.82, 2.24) is 9.97 Å². The zero-order chi connectivity index (χ0) is 9.42. The van der Waals surface area contributed by atoms with Crippen LogP contribution < -0.4 is 5.73 Å². The van der Waals surface area contributed by atoms with Gasteiger partial charge in [-0.25, -0.2) is 4.98 Å². The van der Waals surface area contributed by atoms with Crippen molar-refractivity contribution in [3.05, 3.63) is 16.5 Å². The number of thiophene rings is 1. The Bertz CT molecular complexity index is 560. The molecule has 0 spiro atoms. The predicted molar refractivity (Wildman–Crippen MR) is 53.9 cm³/mol. The van der Waals surface area contributed by atoms with Crippen LogP contribution in [0.4, 0.5) is 5.00 Å². The minimum Gasteiger partial charge on any atom is -0.389 e. The molecule has 0 aromatic carbocycles. The van der Waals surface area contributed by atoms with Crippen molar-refractivity contribution in [3.8, 4) is 6.07 Å². The summed E-state index contributed by atoms with van der Waals surface area (Å²) in [4.78, 5) is 6.76. The number of fused-ring (bicyclic) bond motifs is 1. The molecule has 0 unspecified atom stereocenters. The number of H-pyrrole nitrogens is 1. The Kier molecular flexibility index (Phi) is 1.76. The predicted octanol–water partition coefficient (Wildman–Crippen LogP) is 1.81. The molecule has 0 amide bonds. The lowest BCUT2D eigenvalue weighted by Gasteiger charge is -1.88. The highest BCUT2D eigenvalue weighted by molar-refractivity contribution is 7.71. The number of nitrogens with zero attached hydrogens (tertiary/aromatic N) is 2. The van der Waals surface area contributed by atoms with Gasteiger partial charge in [-0.2, -0.15) is 5.26 Å². The van der Waals surface area contributed by atoms with Crippen molar-refractivity contribution >= 4 is 38.8 Å². The maximum Gasteiger partial charge on any atom is 0.147 e. The number of nitrogens with two attached hydrogens (primary N) is 1. The molecule has 0 aliphatic heterocycles. The fourth-order valence-corrected chi connectivity index (χ4v) is 2.21. The average molecular weight is 208 g/mol. The second-order valence-corrected chi connectivity index (χ2v) is 3.80. The molecule has 2 aromatic rings. The normalized spacial score (nSPS) is 10.1. The minimum absolute atomic E-state index is 0.452. The van der Waals surface area contributed by atoms with Gasteiger partial charge in [-0.15, -0.1) is 11.3 Å². The average Bonchev–Trinajstić information content (AvgIpc) is 2.43. The molecule has 2 rings (SSSR count). The number of aromatic amines is 1. The molecule has 0 fully saturated rings. The Labute approximate surface area is 82.6 Å². The number of nitriles is 1. The highest BCUT2D eigenvalue weighted by atomic mass is 32.1. The second-order valence-electron chi connectivity index (χ2n) is 2.36. The van der Waals surface area contributed by atoms with E-state index in [1.807, 2.05) is 6.07 Å². The van der Waals surface area contributed by atoms with Gasteiger partial charge in [0, 0.05) is 0 Å². The molecule has 4 nitrogen and oxygen atoms in total. The quantitative estimate of drug-likeness (QED) is 0.647. The Morgan fingerprint density at radius 2 is 2.46 bits per heavy atom. The van der Waals surface area contributed by atoms with Crippen molar-refractivity contribution in [1.29, 1.82) is 5.26 Å². The van der Waals surface area contributed by atoms with Crippen LogP contribution >= 0.6 is 23.6 Å². The third-order valence-electron chi connectivity index (χ3n) is 1.63. The van der Waals surface area contributed by atoms with Gasteiger partial charge in [0.1, 0.15) is 21.3 Å². The van der Waals surface area contributed by atoms with Gasteiger partial charge in [0.2, 0.25) is 0 Å². The van der Waals surface area contributed by atoms with E-state index in [4.69, 9.17) is 23.2 Å². The van der Waals surface area contributed by atoms with Crippen LogP contribution in [-0.2, 0) is 0 Å². The molecule has 3 N–H and O–H groups in total. The maximum absolute atomic E-state index is 8.80. The first kappa shape index (κ1) is 8.16. The standard InChI is InChI=1S/C7H4N4S2/c8-1-3-4-5(13-6(3)9)7(12)11-2-10-4/h2H,9H2,(H,10,11,12).